The van der Waals surface area contributed by atoms with E-state index in [0.29, 0.717) is 0 Å². The lowest BCUT2D eigenvalue weighted by atomic mass is 10.0. The van der Waals surface area contributed by atoms with Crippen molar-refractivity contribution in [3.05, 3.63) is 0 Å². The molecule has 0 aliphatic heterocycles. The molecule has 0 bridgehead atoms. The Kier molecular flexibility index (Phi) is 16.4. The highest BCUT2D eigenvalue weighted by Crippen LogP contribution is 2.16. The lowest BCUT2D eigenvalue weighted by Crippen LogP contribution is -1.94. The summed E-state index contributed by atoms with van der Waals surface area (Å²) in [5.41, 5.74) is 0. The molecule has 110 valence electrons. The van der Waals surface area contributed by atoms with E-state index in [1.54, 1.807) is 0 Å². The standard InChI is InChI=1S/C17H35I/c1-3-5-6-7-8-9-10-11-12-13-14-15-16-17(18)4-2/h17H,3-16H2,1-2H3. The second-order valence-corrected chi connectivity index (χ2v) is 7.44. The van der Waals surface area contributed by atoms with Crippen LogP contribution in [0.1, 0.15) is 104 Å². The smallest absolute Gasteiger partial charge is 0.0107 e. The molecule has 0 aliphatic carbocycles. The quantitative estimate of drug-likeness (QED) is 0.172. The Morgan fingerprint density at radius 2 is 1.00 bits per heavy atom. The number of unbranched alkanes of at least 4 members (excludes halogenated alkanes) is 11. The average Bonchev–Trinajstić information content (AvgIpc) is 2.39. The minimum atomic E-state index is 0.922. The predicted octanol–water partition coefficient (Wildman–Crippen LogP) is 7.29. The van der Waals surface area contributed by atoms with Gasteiger partial charge in [-0.15, -0.1) is 0 Å². The van der Waals surface area contributed by atoms with Crippen LogP contribution in [-0.4, -0.2) is 3.92 Å². The molecular formula is C17H35I. The highest BCUT2D eigenvalue weighted by molar-refractivity contribution is 14.1. The molecule has 0 aromatic rings. The molecule has 18 heavy (non-hydrogen) atoms. The normalized spacial score (nSPS) is 12.8. The maximum absolute atomic E-state index is 2.60. The topological polar surface area (TPSA) is 0 Å². The van der Waals surface area contributed by atoms with Crippen LogP contribution in [0.3, 0.4) is 0 Å². The van der Waals surface area contributed by atoms with E-state index in [1.165, 1.54) is 89.9 Å². The maximum atomic E-state index is 2.60. The van der Waals surface area contributed by atoms with Crippen molar-refractivity contribution >= 4 is 22.6 Å². The van der Waals surface area contributed by atoms with Gasteiger partial charge in [-0.1, -0.05) is 113 Å². The van der Waals surface area contributed by atoms with Crippen LogP contribution in [0.25, 0.3) is 0 Å². The van der Waals surface area contributed by atoms with E-state index >= 15 is 0 Å². The average molecular weight is 366 g/mol. The molecule has 0 fully saturated rings. The summed E-state index contributed by atoms with van der Waals surface area (Å²) in [6, 6.07) is 0. The first-order valence-corrected chi connectivity index (χ1v) is 9.69. The Balaban J connectivity index is 2.94. The van der Waals surface area contributed by atoms with Gasteiger partial charge in [0, 0.05) is 3.92 Å². The summed E-state index contributed by atoms with van der Waals surface area (Å²) in [6.45, 7) is 4.60. The molecule has 0 N–H and O–H groups in total. The van der Waals surface area contributed by atoms with Gasteiger partial charge in [-0.3, -0.25) is 0 Å². The van der Waals surface area contributed by atoms with Crippen LogP contribution in [0.5, 0.6) is 0 Å². The van der Waals surface area contributed by atoms with E-state index in [-0.39, 0.29) is 0 Å². The predicted molar refractivity (Wildman–Crippen MR) is 93.8 cm³/mol. The van der Waals surface area contributed by atoms with Crippen LogP contribution in [0, 0.1) is 0 Å². The van der Waals surface area contributed by atoms with Gasteiger partial charge in [0.15, 0.2) is 0 Å². The summed E-state index contributed by atoms with van der Waals surface area (Å²) < 4.78 is 0.922. The molecule has 0 amide bonds. The van der Waals surface area contributed by atoms with Gasteiger partial charge in [0.05, 0.1) is 0 Å². The fraction of sp³-hybridized carbons (Fsp3) is 1.00. The molecule has 0 rings (SSSR count). The summed E-state index contributed by atoms with van der Waals surface area (Å²) in [6.07, 6.45) is 20.3. The van der Waals surface area contributed by atoms with Crippen molar-refractivity contribution in [2.45, 2.75) is 108 Å². The molecule has 0 heterocycles. The van der Waals surface area contributed by atoms with Crippen LogP contribution < -0.4 is 0 Å². The Bertz CT molecular complexity index is 145. The van der Waals surface area contributed by atoms with E-state index < -0.39 is 0 Å². The third-order valence-electron chi connectivity index (χ3n) is 3.81. The van der Waals surface area contributed by atoms with Crippen LogP contribution in [0.2, 0.25) is 0 Å². The SMILES string of the molecule is CCCCCCCCCCCCCCC(I)CC. The van der Waals surface area contributed by atoms with Gasteiger partial charge in [-0.25, -0.2) is 0 Å². The molecule has 0 spiro atoms. The van der Waals surface area contributed by atoms with Gasteiger partial charge in [-0.05, 0) is 12.8 Å². The lowest BCUT2D eigenvalue weighted by molar-refractivity contribution is 0.538. The van der Waals surface area contributed by atoms with Crippen LogP contribution in [0.15, 0.2) is 0 Å². The molecule has 1 heteroatoms. The molecule has 0 aromatic heterocycles. The molecule has 0 saturated carbocycles. The molecule has 0 radical (unpaired) electrons. The number of hydrogen-bond donors (Lipinski definition) is 0. The van der Waals surface area contributed by atoms with Gasteiger partial charge in [0.25, 0.3) is 0 Å². The summed E-state index contributed by atoms with van der Waals surface area (Å²) in [5.74, 6) is 0. The Morgan fingerprint density at radius 1 is 0.611 bits per heavy atom. The lowest BCUT2D eigenvalue weighted by Gasteiger charge is -2.06. The number of alkyl halides is 1. The Labute approximate surface area is 130 Å². The zero-order chi connectivity index (χ0) is 13.5. The molecular weight excluding hydrogens is 331 g/mol. The summed E-state index contributed by atoms with van der Waals surface area (Å²) in [4.78, 5) is 0. The van der Waals surface area contributed by atoms with Crippen molar-refractivity contribution in [2.24, 2.45) is 0 Å². The molecule has 0 saturated heterocycles. The second-order valence-electron chi connectivity index (χ2n) is 5.68. The summed E-state index contributed by atoms with van der Waals surface area (Å²) in [5, 5.41) is 0. The van der Waals surface area contributed by atoms with Gasteiger partial charge in [0.1, 0.15) is 0 Å². The van der Waals surface area contributed by atoms with Crippen molar-refractivity contribution in [3.8, 4) is 0 Å². The Morgan fingerprint density at radius 3 is 1.39 bits per heavy atom. The van der Waals surface area contributed by atoms with Crippen molar-refractivity contribution in [1.29, 1.82) is 0 Å². The second kappa shape index (κ2) is 15.8. The van der Waals surface area contributed by atoms with E-state index in [9.17, 15) is 0 Å². The first kappa shape index (κ1) is 18.7. The van der Waals surface area contributed by atoms with E-state index in [1.807, 2.05) is 0 Å². The largest absolute Gasteiger partial charge is 0.0826 e. The third kappa shape index (κ3) is 14.8. The van der Waals surface area contributed by atoms with E-state index in [4.69, 9.17) is 0 Å². The number of rotatable bonds is 14. The van der Waals surface area contributed by atoms with Crippen molar-refractivity contribution in [2.75, 3.05) is 0 Å². The molecule has 0 aliphatic rings. The van der Waals surface area contributed by atoms with Crippen LogP contribution in [0.4, 0.5) is 0 Å². The fourth-order valence-electron chi connectivity index (χ4n) is 2.41. The van der Waals surface area contributed by atoms with Crippen molar-refractivity contribution in [1.82, 2.24) is 0 Å². The van der Waals surface area contributed by atoms with Crippen LogP contribution >= 0.6 is 22.6 Å². The Hall–Kier alpha value is 0.730. The fourth-order valence-corrected chi connectivity index (χ4v) is 2.85. The highest BCUT2D eigenvalue weighted by Gasteiger charge is 1.99. The molecule has 0 nitrogen and oxygen atoms in total. The minimum Gasteiger partial charge on any atom is -0.0826 e. The summed E-state index contributed by atoms with van der Waals surface area (Å²) in [7, 11) is 0. The highest BCUT2D eigenvalue weighted by atomic mass is 127. The first-order chi connectivity index (χ1) is 8.81. The number of hydrogen-bond acceptors (Lipinski definition) is 0. The first-order valence-electron chi connectivity index (χ1n) is 8.45. The summed E-state index contributed by atoms with van der Waals surface area (Å²) >= 11 is 2.60. The van der Waals surface area contributed by atoms with Crippen LogP contribution in [-0.2, 0) is 0 Å². The maximum Gasteiger partial charge on any atom is 0.0107 e. The van der Waals surface area contributed by atoms with Gasteiger partial charge >= 0.3 is 0 Å². The van der Waals surface area contributed by atoms with Crippen molar-refractivity contribution < 1.29 is 0 Å². The monoisotopic (exact) mass is 366 g/mol. The zero-order valence-electron chi connectivity index (χ0n) is 12.9. The van der Waals surface area contributed by atoms with E-state index in [0.717, 1.165) is 3.92 Å². The molecule has 0 aromatic carbocycles. The van der Waals surface area contributed by atoms with Gasteiger partial charge in [-0.2, -0.15) is 0 Å². The molecule has 1 atom stereocenters. The van der Waals surface area contributed by atoms with E-state index in [2.05, 4.69) is 36.4 Å². The zero-order valence-corrected chi connectivity index (χ0v) is 15.0. The number of halogens is 1. The third-order valence-corrected chi connectivity index (χ3v) is 5.32. The molecule has 1 unspecified atom stereocenters. The van der Waals surface area contributed by atoms with Gasteiger partial charge in [0.2, 0.25) is 0 Å². The van der Waals surface area contributed by atoms with Gasteiger partial charge < -0.3 is 0 Å². The minimum absolute atomic E-state index is 0.922. The van der Waals surface area contributed by atoms with Crippen molar-refractivity contribution in [3.63, 3.8) is 0 Å².